The highest BCUT2D eigenvalue weighted by atomic mass is 16.1. The summed E-state index contributed by atoms with van der Waals surface area (Å²) in [6, 6.07) is 11.8. The molecular weight excluding hydrogens is 290 g/mol. The largest absolute Gasteiger partial charge is 0.301 e. The maximum absolute atomic E-state index is 12.7. The SMILES string of the molecule is CCC(=O)C1(c2ccccc2)CCN(Cc2cc(=O)[nH][nH]2)CC1. The number of piperidine rings is 1. The number of nitrogens with one attached hydrogen (secondary N) is 2. The molecule has 122 valence electrons. The third-order valence-corrected chi connectivity index (χ3v) is 4.94. The molecule has 3 rings (SSSR count). The fraction of sp³-hybridized carbons (Fsp3) is 0.444. The van der Waals surface area contributed by atoms with Gasteiger partial charge in [-0.1, -0.05) is 37.3 Å². The number of Topliss-reactive ketones (excluding diaryl/α,β-unsaturated/α-hetero) is 1. The first-order valence-corrected chi connectivity index (χ1v) is 8.22. The number of benzene rings is 1. The van der Waals surface area contributed by atoms with E-state index >= 15 is 0 Å². The number of ketones is 1. The number of carbonyl (C=O) groups is 1. The predicted octanol–water partition coefficient (Wildman–Crippen LogP) is 2.22. The molecule has 2 N–H and O–H groups in total. The van der Waals surface area contributed by atoms with Crippen molar-refractivity contribution in [2.75, 3.05) is 13.1 Å². The van der Waals surface area contributed by atoms with Crippen LogP contribution in [0.4, 0.5) is 0 Å². The number of aromatic nitrogens is 2. The third kappa shape index (κ3) is 3.15. The zero-order valence-corrected chi connectivity index (χ0v) is 13.5. The van der Waals surface area contributed by atoms with E-state index in [1.54, 1.807) is 6.07 Å². The van der Waals surface area contributed by atoms with Crippen molar-refractivity contribution in [2.45, 2.75) is 38.1 Å². The molecule has 1 aromatic carbocycles. The van der Waals surface area contributed by atoms with Gasteiger partial charge in [0.2, 0.25) is 0 Å². The molecule has 0 amide bonds. The second kappa shape index (κ2) is 6.54. The van der Waals surface area contributed by atoms with E-state index < -0.39 is 0 Å². The molecule has 2 aromatic rings. The van der Waals surface area contributed by atoms with Crippen LogP contribution in [0, 0.1) is 0 Å². The highest BCUT2D eigenvalue weighted by molar-refractivity contribution is 5.90. The lowest BCUT2D eigenvalue weighted by atomic mass is 9.69. The van der Waals surface area contributed by atoms with Crippen LogP contribution >= 0.6 is 0 Å². The predicted molar refractivity (Wildman–Crippen MR) is 89.3 cm³/mol. The minimum Gasteiger partial charge on any atom is -0.301 e. The van der Waals surface area contributed by atoms with Crippen LogP contribution in [0.3, 0.4) is 0 Å². The second-order valence-electron chi connectivity index (χ2n) is 6.28. The molecule has 0 saturated carbocycles. The lowest BCUT2D eigenvalue weighted by molar-refractivity contribution is -0.126. The van der Waals surface area contributed by atoms with E-state index in [2.05, 4.69) is 27.2 Å². The van der Waals surface area contributed by atoms with Crippen LogP contribution in [0.15, 0.2) is 41.2 Å². The van der Waals surface area contributed by atoms with Gasteiger partial charge in [0.05, 0.1) is 11.1 Å². The molecule has 0 atom stereocenters. The molecule has 0 radical (unpaired) electrons. The monoisotopic (exact) mass is 313 g/mol. The summed E-state index contributed by atoms with van der Waals surface area (Å²) in [5.74, 6) is 0.332. The topological polar surface area (TPSA) is 69.0 Å². The standard InChI is InChI=1S/C18H23N3O2/c1-2-16(22)18(14-6-4-3-5-7-14)8-10-21(11-9-18)13-15-12-17(23)20-19-15/h3-7,12H,2,8-11,13H2,1H3,(H2,19,20,23). The number of hydrogen-bond acceptors (Lipinski definition) is 3. The van der Waals surface area contributed by atoms with Crippen molar-refractivity contribution in [1.82, 2.24) is 15.1 Å². The minimum atomic E-state index is -0.349. The molecule has 0 spiro atoms. The van der Waals surface area contributed by atoms with Crippen molar-refractivity contribution in [3.8, 4) is 0 Å². The normalized spacial score (nSPS) is 18.0. The molecule has 23 heavy (non-hydrogen) atoms. The third-order valence-electron chi connectivity index (χ3n) is 4.94. The molecule has 2 heterocycles. The van der Waals surface area contributed by atoms with Gasteiger partial charge < -0.3 is 5.10 Å². The lowest BCUT2D eigenvalue weighted by Crippen LogP contribution is -2.46. The molecule has 0 unspecified atom stereocenters. The Morgan fingerprint density at radius 1 is 1.17 bits per heavy atom. The van der Waals surface area contributed by atoms with Crippen LogP contribution in [0.1, 0.15) is 37.4 Å². The summed E-state index contributed by atoms with van der Waals surface area (Å²) in [6.45, 7) is 4.37. The first-order chi connectivity index (χ1) is 11.1. The van der Waals surface area contributed by atoms with E-state index in [9.17, 15) is 9.59 Å². The smallest absolute Gasteiger partial charge is 0.264 e. The molecule has 0 bridgehead atoms. The highest BCUT2D eigenvalue weighted by Crippen LogP contribution is 2.37. The van der Waals surface area contributed by atoms with E-state index in [4.69, 9.17) is 0 Å². The molecule has 1 aromatic heterocycles. The Bertz CT molecular complexity index is 709. The fourth-order valence-corrected chi connectivity index (χ4v) is 3.62. The van der Waals surface area contributed by atoms with E-state index in [0.717, 1.165) is 37.2 Å². The van der Waals surface area contributed by atoms with E-state index in [0.29, 0.717) is 18.7 Å². The first kappa shape index (κ1) is 15.7. The lowest BCUT2D eigenvalue weighted by Gasteiger charge is -2.41. The summed E-state index contributed by atoms with van der Waals surface area (Å²) < 4.78 is 0. The molecule has 1 aliphatic heterocycles. The van der Waals surface area contributed by atoms with Crippen molar-refractivity contribution < 1.29 is 4.79 Å². The zero-order chi connectivity index (χ0) is 16.3. The summed E-state index contributed by atoms with van der Waals surface area (Å²) in [5, 5.41) is 5.46. The first-order valence-electron chi connectivity index (χ1n) is 8.22. The molecular formula is C18H23N3O2. The summed E-state index contributed by atoms with van der Waals surface area (Å²) in [5.41, 5.74) is 1.58. The average Bonchev–Trinajstić information content (AvgIpc) is 3.00. The van der Waals surface area contributed by atoms with E-state index in [1.807, 2.05) is 25.1 Å². The molecule has 1 aliphatic rings. The van der Waals surface area contributed by atoms with Gasteiger partial charge in [0, 0.05) is 19.0 Å². The van der Waals surface area contributed by atoms with Gasteiger partial charge in [-0.2, -0.15) is 0 Å². The van der Waals surface area contributed by atoms with Crippen LogP contribution < -0.4 is 5.56 Å². The summed E-state index contributed by atoms with van der Waals surface area (Å²) in [6.07, 6.45) is 2.23. The Kier molecular flexibility index (Phi) is 4.48. The summed E-state index contributed by atoms with van der Waals surface area (Å²) in [7, 11) is 0. The Morgan fingerprint density at radius 2 is 1.87 bits per heavy atom. The van der Waals surface area contributed by atoms with Crippen LogP contribution in [0.2, 0.25) is 0 Å². The van der Waals surface area contributed by atoms with Crippen LogP contribution in [-0.4, -0.2) is 34.0 Å². The quantitative estimate of drug-likeness (QED) is 0.889. The Morgan fingerprint density at radius 3 is 2.43 bits per heavy atom. The molecule has 0 aliphatic carbocycles. The van der Waals surface area contributed by atoms with Crippen molar-refractivity contribution in [1.29, 1.82) is 0 Å². The number of nitrogens with zero attached hydrogens (tertiary/aromatic N) is 1. The van der Waals surface area contributed by atoms with Gasteiger partial charge in [-0.25, -0.2) is 0 Å². The van der Waals surface area contributed by atoms with E-state index in [-0.39, 0.29) is 11.0 Å². The zero-order valence-electron chi connectivity index (χ0n) is 13.5. The van der Waals surface area contributed by atoms with Gasteiger partial charge >= 0.3 is 0 Å². The Balaban J connectivity index is 1.75. The molecule has 1 fully saturated rings. The molecule has 1 saturated heterocycles. The number of H-pyrrole nitrogens is 2. The van der Waals surface area contributed by atoms with Crippen molar-refractivity contribution in [2.24, 2.45) is 0 Å². The number of rotatable bonds is 5. The average molecular weight is 313 g/mol. The summed E-state index contributed by atoms with van der Waals surface area (Å²) in [4.78, 5) is 26.2. The fourth-order valence-electron chi connectivity index (χ4n) is 3.62. The molecule has 5 nitrogen and oxygen atoms in total. The minimum absolute atomic E-state index is 0.100. The second-order valence-corrected chi connectivity index (χ2v) is 6.28. The van der Waals surface area contributed by atoms with Gasteiger partial charge in [-0.05, 0) is 31.5 Å². The van der Waals surface area contributed by atoms with Crippen LogP contribution in [-0.2, 0) is 16.8 Å². The van der Waals surface area contributed by atoms with Crippen molar-refractivity contribution >= 4 is 5.78 Å². The van der Waals surface area contributed by atoms with Gasteiger partial charge in [-0.15, -0.1) is 0 Å². The van der Waals surface area contributed by atoms with Crippen LogP contribution in [0.5, 0.6) is 0 Å². The van der Waals surface area contributed by atoms with Gasteiger partial charge in [0.15, 0.2) is 0 Å². The van der Waals surface area contributed by atoms with Gasteiger partial charge in [-0.3, -0.25) is 19.6 Å². The van der Waals surface area contributed by atoms with Gasteiger partial charge in [0.1, 0.15) is 5.78 Å². The number of carbonyl (C=O) groups excluding carboxylic acids is 1. The van der Waals surface area contributed by atoms with Gasteiger partial charge in [0.25, 0.3) is 5.56 Å². The maximum atomic E-state index is 12.7. The number of hydrogen-bond donors (Lipinski definition) is 2. The Hall–Kier alpha value is -2.14. The Labute approximate surface area is 135 Å². The van der Waals surface area contributed by atoms with E-state index in [1.165, 1.54) is 0 Å². The van der Waals surface area contributed by atoms with Crippen molar-refractivity contribution in [3.05, 3.63) is 58.0 Å². The number of likely N-dealkylation sites (tertiary alicyclic amines) is 1. The molecule has 5 heteroatoms. The highest BCUT2D eigenvalue weighted by Gasteiger charge is 2.41. The maximum Gasteiger partial charge on any atom is 0.264 e. The van der Waals surface area contributed by atoms with Crippen LogP contribution in [0.25, 0.3) is 0 Å². The number of aromatic amines is 2. The van der Waals surface area contributed by atoms with Crippen molar-refractivity contribution in [3.63, 3.8) is 0 Å². The summed E-state index contributed by atoms with van der Waals surface area (Å²) >= 11 is 0.